The standard InChI is InChI=1S/C15H7ClF5N3O2/c16-9-3-7(15(19,20)21)5-22-13(9)14-24-23-12(26-14)6-25-8-1-2-10(17)11(18)4-8/h1-5H,6H2. The molecule has 5 nitrogen and oxygen atoms in total. The number of pyridine rings is 1. The molecule has 0 unspecified atom stereocenters. The molecule has 0 aliphatic carbocycles. The molecule has 0 N–H and O–H groups in total. The summed E-state index contributed by atoms with van der Waals surface area (Å²) in [7, 11) is 0. The Labute approximate surface area is 147 Å². The van der Waals surface area contributed by atoms with Gasteiger partial charge in [-0.3, -0.25) is 0 Å². The molecule has 2 heterocycles. The molecule has 0 aliphatic heterocycles. The van der Waals surface area contributed by atoms with E-state index < -0.39 is 23.4 Å². The minimum atomic E-state index is -4.59. The molecular weight excluding hydrogens is 385 g/mol. The number of hydrogen-bond donors (Lipinski definition) is 0. The van der Waals surface area contributed by atoms with Crippen molar-refractivity contribution in [2.24, 2.45) is 0 Å². The number of halogens is 6. The quantitative estimate of drug-likeness (QED) is 0.605. The van der Waals surface area contributed by atoms with E-state index in [0.717, 1.165) is 12.1 Å². The van der Waals surface area contributed by atoms with Gasteiger partial charge in [0.15, 0.2) is 18.2 Å². The lowest BCUT2D eigenvalue weighted by atomic mass is 10.2. The van der Waals surface area contributed by atoms with Crippen LogP contribution in [-0.4, -0.2) is 15.2 Å². The van der Waals surface area contributed by atoms with Crippen LogP contribution >= 0.6 is 11.6 Å². The number of ether oxygens (including phenoxy) is 1. The molecule has 0 saturated carbocycles. The largest absolute Gasteiger partial charge is 0.484 e. The van der Waals surface area contributed by atoms with Gasteiger partial charge < -0.3 is 9.15 Å². The molecular formula is C15H7ClF5N3O2. The normalized spacial score (nSPS) is 11.6. The van der Waals surface area contributed by atoms with Crippen LogP contribution < -0.4 is 4.74 Å². The summed E-state index contributed by atoms with van der Waals surface area (Å²) in [5.41, 5.74) is -1.15. The smallest absolute Gasteiger partial charge is 0.417 e. The fraction of sp³-hybridized carbons (Fsp3) is 0.133. The summed E-state index contributed by atoms with van der Waals surface area (Å²) in [6.07, 6.45) is -4.00. The average Bonchev–Trinajstić information content (AvgIpc) is 3.03. The van der Waals surface area contributed by atoms with Gasteiger partial charge in [0.05, 0.1) is 10.6 Å². The Morgan fingerprint density at radius 3 is 2.50 bits per heavy atom. The van der Waals surface area contributed by atoms with E-state index in [-0.39, 0.29) is 34.9 Å². The van der Waals surface area contributed by atoms with Gasteiger partial charge >= 0.3 is 6.18 Å². The fourth-order valence-electron chi connectivity index (χ4n) is 1.87. The van der Waals surface area contributed by atoms with Crippen LogP contribution in [0.5, 0.6) is 5.75 Å². The first kappa shape index (κ1) is 18.1. The highest BCUT2D eigenvalue weighted by molar-refractivity contribution is 6.32. The summed E-state index contributed by atoms with van der Waals surface area (Å²) in [4.78, 5) is 3.59. The Kier molecular flexibility index (Phi) is 4.77. The van der Waals surface area contributed by atoms with Crippen LogP contribution in [0.2, 0.25) is 5.02 Å². The summed E-state index contributed by atoms with van der Waals surface area (Å²) in [6, 6.07) is 3.60. The van der Waals surface area contributed by atoms with Gasteiger partial charge in [0.1, 0.15) is 11.4 Å². The van der Waals surface area contributed by atoms with Crippen LogP contribution in [0.1, 0.15) is 11.5 Å². The van der Waals surface area contributed by atoms with Crippen molar-refractivity contribution < 1.29 is 31.1 Å². The van der Waals surface area contributed by atoms with Crippen LogP contribution in [0.4, 0.5) is 22.0 Å². The third kappa shape index (κ3) is 3.90. The molecule has 3 aromatic rings. The highest BCUT2D eigenvalue weighted by Gasteiger charge is 2.32. The zero-order valence-electron chi connectivity index (χ0n) is 12.5. The Hall–Kier alpha value is -2.75. The van der Waals surface area contributed by atoms with Crippen molar-refractivity contribution in [1.29, 1.82) is 0 Å². The predicted octanol–water partition coefficient (Wildman–Crippen LogP) is 4.66. The lowest BCUT2D eigenvalue weighted by Crippen LogP contribution is -2.05. The average molecular weight is 392 g/mol. The number of benzene rings is 1. The van der Waals surface area contributed by atoms with E-state index in [4.69, 9.17) is 20.8 Å². The van der Waals surface area contributed by atoms with Crippen LogP contribution in [0, 0.1) is 11.6 Å². The van der Waals surface area contributed by atoms with Crippen LogP contribution in [0.25, 0.3) is 11.6 Å². The Morgan fingerprint density at radius 1 is 1.08 bits per heavy atom. The molecule has 136 valence electrons. The van der Waals surface area contributed by atoms with Gasteiger partial charge in [0.2, 0.25) is 0 Å². The van der Waals surface area contributed by atoms with Crippen LogP contribution in [0.3, 0.4) is 0 Å². The van der Waals surface area contributed by atoms with Crippen molar-refractivity contribution in [2.75, 3.05) is 0 Å². The molecule has 11 heteroatoms. The monoisotopic (exact) mass is 391 g/mol. The Morgan fingerprint density at radius 2 is 1.85 bits per heavy atom. The van der Waals surface area contributed by atoms with Crippen molar-refractivity contribution in [2.45, 2.75) is 12.8 Å². The van der Waals surface area contributed by atoms with Crippen molar-refractivity contribution >= 4 is 11.6 Å². The molecule has 0 bridgehead atoms. The number of nitrogens with zero attached hydrogens (tertiary/aromatic N) is 3. The topological polar surface area (TPSA) is 61.0 Å². The van der Waals surface area contributed by atoms with Gasteiger partial charge in [-0.05, 0) is 18.2 Å². The minimum absolute atomic E-state index is 0.0225. The molecule has 0 radical (unpaired) electrons. The summed E-state index contributed by atoms with van der Waals surface area (Å²) in [5.74, 6) is -2.38. The van der Waals surface area contributed by atoms with Gasteiger partial charge in [-0.25, -0.2) is 13.8 Å². The summed E-state index contributed by atoms with van der Waals surface area (Å²) >= 11 is 5.79. The minimum Gasteiger partial charge on any atom is -0.484 e. The van der Waals surface area contributed by atoms with Gasteiger partial charge in [-0.1, -0.05) is 11.6 Å². The van der Waals surface area contributed by atoms with Crippen molar-refractivity contribution in [3.63, 3.8) is 0 Å². The SMILES string of the molecule is Fc1ccc(OCc2nnc(-c3ncc(C(F)(F)F)cc3Cl)o2)cc1F. The predicted molar refractivity (Wildman–Crippen MR) is 78.2 cm³/mol. The summed E-state index contributed by atoms with van der Waals surface area (Å²) in [5, 5.41) is 6.93. The van der Waals surface area contributed by atoms with E-state index in [0.29, 0.717) is 12.3 Å². The first-order valence-electron chi connectivity index (χ1n) is 6.87. The number of hydrogen-bond acceptors (Lipinski definition) is 5. The molecule has 1 aromatic carbocycles. The number of aromatic nitrogens is 3. The Bertz CT molecular complexity index is 945. The second-order valence-corrected chi connectivity index (χ2v) is 5.32. The third-order valence-corrected chi connectivity index (χ3v) is 3.38. The van der Waals surface area contributed by atoms with Gasteiger partial charge in [-0.2, -0.15) is 13.2 Å². The molecule has 0 amide bonds. The maximum Gasteiger partial charge on any atom is 0.417 e. The maximum atomic E-state index is 13.1. The van der Waals surface area contributed by atoms with Gasteiger partial charge in [0.25, 0.3) is 11.8 Å². The zero-order chi connectivity index (χ0) is 18.9. The summed E-state index contributed by atoms with van der Waals surface area (Å²) in [6.45, 7) is -0.281. The lowest BCUT2D eigenvalue weighted by molar-refractivity contribution is -0.137. The van der Waals surface area contributed by atoms with E-state index in [1.807, 2.05) is 0 Å². The molecule has 0 aliphatic rings. The third-order valence-electron chi connectivity index (χ3n) is 3.09. The van der Waals surface area contributed by atoms with E-state index in [9.17, 15) is 22.0 Å². The molecule has 0 saturated heterocycles. The van der Waals surface area contributed by atoms with Crippen LogP contribution in [0.15, 0.2) is 34.9 Å². The molecule has 0 fully saturated rings. The zero-order valence-corrected chi connectivity index (χ0v) is 13.3. The number of alkyl halides is 3. The van der Waals surface area contributed by atoms with Crippen LogP contribution in [-0.2, 0) is 12.8 Å². The van der Waals surface area contributed by atoms with Crippen molar-refractivity contribution in [1.82, 2.24) is 15.2 Å². The highest BCUT2D eigenvalue weighted by atomic mass is 35.5. The van der Waals surface area contributed by atoms with E-state index >= 15 is 0 Å². The maximum absolute atomic E-state index is 13.1. The lowest BCUT2D eigenvalue weighted by Gasteiger charge is -2.07. The molecule has 26 heavy (non-hydrogen) atoms. The number of rotatable bonds is 4. The first-order valence-corrected chi connectivity index (χ1v) is 7.25. The van der Waals surface area contributed by atoms with Crippen molar-refractivity contribution in [3.05, 3.63) is 58.6 Å². The first-order chi connectivity index (χ1) is 12.2. The Balaban J connectivity index is 1.74. The van der Waals surface area contributed by atoms with Gasteiger partial charge in [0, 0.05) is 12.3 Å². The highest BCUT2D eigenvalue weighted by Crippen LogP contribution is 2.33. The van der Waals surface area contributed by atoms with E-state index in [1.165, 1.54) is 6.07 Å². The fourth-order valence-corrected chi connectivity index (χ4v) is 2.12. The van der Waals surface area contributed by atoms with E-state index in [2.05, 4.69) is 15.2 Å². The second-order valence-electron chi connectivity index (χ2n) is 4.92. The molecule has 2 aromatic heterocycles. The molecule has 3 rings (SSSR count). The second kappa shape index (κ2) is 6.87. The van der Waals surface area contributed by atoms with Gasteiger partial charge in [-0.15, -0.1) is 10.2 Å². The molecule has 0 spiro atoms. The molecule has 0 atom stereocenters. The summed E-state index contributed by atoms with van der Waals surface area (Å²) < 4.78 is 74.1. The van der Waals surface area contributed by atoms with Crippen molar-refractivity contribution in [3.8, 4) is 17.3 Å². The van der Waals surface area contributed by atoms with E-state index in [1.54, 1.807) is 0 Å².